The minimum atomic E-state index is -3.32. The minimum Gasteiger partial charge on any atom is -0.384 e. The number of hydrogen-bond acceptors (Lipinski definition) is 4. The monoisotopic (exact) mass is 422 g/mol. The Labute approximate surface area is 180 Å². The smallest absolute Gasteiger partial charge is 0.178 e. The van der Waals surface area contributed by atoms with Crippen molar-refractivity contribution in [1.82, 2.24) is 0 Å². The number of nitrogens with two attached hydrogens (primary N) is 1. The van der Waals surface area contributed by atoms with Gasteiger partial charge in [0.15, 0.2) is 9.84 Å². The lowest BCUT2D eigenvalue weighted by Crippen LogP contribution is -2.13. The number of rotatable bonds is 10. The predicted octanol–water partition coefficient (Wildman–Crippen LogP) is 4.42. The van der Waals surface area contributed by atoms with Gasteiger partial charge in [-0.25, -0.2) is 8.42 Å². The van der Waals surface area contributed by atoms with Crippen LogP contribution in [0.15, 0.2) is 83.8 Å². The van der Waals surface area contributed by atoms with Gasteiger partial charge in [-0.05, 0) is 59.7 Å². The second-order valence-electron chi connectivity index (χ2n) is 7.65. The van der Waals surface area contributed by atoms with Crippen LogP contribution in [0, 0.1) is 0 Å². The highest BCUT2D eigenvalue weighted by atomic mass is 32.2. The van der Waals surface area contributed by atoms with Crippen LogP contribution in [0.25, 0.3) is 0 Å². The molecule has 0 aliphatic carbocycles. The molecule has 0 spiro atoms. The van der Waals surface area contributed by atoms with Crippen molar-refractivity contribution in [3.8, 4) is 0 Å². The lowest BCUT2D eigenvalue weighted by Gasteiger charge is -2.13. The van der Waals surface area contributed by atoms with E-state index in [9.17, 15) is 8.42 Å². The van der Waals surface area contributed by atoms with Crippen molar-refractivity contribution in [2.75, 3.05) is 24.2 Å². The van der Waals surface area contributed by atoms with Gasteiger partial charge in [0.2, 0.25) is 0 Å². The Kier molecular flexibility index (Phi) is 7.66. The molecular formula is C25H30N2O2S. The fourth-order valence-electron chi connectivity index (χ4n) is 3.51. The highest BCUT2D eigenvalue weighted by Crippen LogP contribution is 2.22. The van der Waals surface area contributed by atoms with Crippen molar-refractivity contribution in [2.45, 2.75) is 30.6 Å². The third kappa shape index (κ3) is 6.18. The van der Waals surface area contributed by atoms with Gasteiger partial charge >= 0.3 is 0 Å². The van der Waals surface area contributed by atoms with Crippen molar-refractivity contribution in [3.63, 3.8) is 0 Å². The van der Waals surface area contributed by atoms with Crippen LogP contribution in [0.2, 0.25) is 0 Å². The zero-order valence-corrected chi connectivity index (χ0v) is 18.2. The highest BCUT2D eigenvalue weighted by Gasteiger charge is 2.19. The second-order valence-corrected chi connectivity index (χ2v) is 9.69. The summed E-state index contributed by atoms with van der Waals surface area (Å²) in [4.78, 5) is 0.391. The summed E-state index contributed by atoms with van der Waals surface area (Å²) < 4.78 is 25.6. The van der Waals surface area contributed by atoms with Crippen LogP contribution in [0.1, 0.15) is 29.5 Å². The summed E-state index contributed by atoms with van der Waals surface area (Å²) in [5.74, 6) is 0.0647. The van der Waals surface area contributed by atoms with Crippen molar-refractivity contribution >= 4 is 15.5 Å². The van der Waals surface area contributed by atoms with Gasteiger partial charge in [0.1, 0.15) is 0 Å². The normalized spacial score (nSPS) is 12.5. The third-order valence-corrected chi connectivity index (χ3v) is 7.15. The largest absolute Gasteiger partial charge is 0.384 e. The average molecular weight is 423 g/mol. The molecule has 3 aromatic carbocycles. The standard InChI is InChI=1S/C25H30N2O2S/c1-20(23-7-3-2-4-8-23)19-30(28,29)25-14-12-21(13-15-25)10-11-22-6-5-9-24(18-22)27-17-16-26/h2-9,12-15,18,20,27H,10-11,16-17,19,26H2,1H3. The summed E-state index contributed by atoms with van der Waals surface area (Å²) in [6.07, 6.45) is 1.76. The van der Waals surface area contributed by atoms with E-state index in [4.69, 9.17) is 5.73 Å². The maximum Gasteiger partial charge on any atom is 0.178 e. The Bertz CT molecular complexity index is 1030. The van der Waals surface area contributed by atoms with E-state index in [0.29, 0.717) is 11.4 Å². The molecule has 3 aromatic rings. The molecule has 1 unspecified atom stereocenters. The lowest BCUT2D eigenvalue weighted by atomic mass is 10.0. The van der Waals surface area contributed by atoms with Gasteiger partial charge in [0.05, 0.1) is 10.6 Å². The first-order valence-electron chi connectivity index (χ1n) is 10.4. The summed E-state index contributed by atoms with van der Waals surface area (Å²) in [6, 6.07) is 25.4. The molecule has 0 aliphatic heterocycles. The van der Waals surface area contributed by atoms with Crippen molar-refractivity contribution in [2.24, 2.45) is 5.73 Å². The van der Waals surface area contributed by atoms with E-state index in [0.717, 1.165) is 36.2 Å². The van der Waals surface area contributed by atoms with Gasteiger partial charge in [-0.15, -0.1) is 0 Å². The molecule has 1 atom stereocenters. The van der Waals surface area contributed by atoms with E-state index in [1.807, 2.05) is 61.5 Å². The van der Waals surface area contributed by atoms with E-state index in [2.05, 4.69) is 17.4 Å². The Morgan fingerprint density at radius 2 is 1.57 bits per heavy atom. The van der Waals surface area contributed by atoms with E-state index >= 15 is 0 Å². The molecule has 5 heteroatoms. The molecule has 0 radical (unpaired) electrons. The third-order valence-electron chi connectivity index (χ3n) is 5.22. The predicted molar refractivity (Wildman–Crippen MR) is 125 cm³/mol. The van der Waals surface area contributed by atoms with Gasteiger partial charge in [0.25, 0.3) is 0 Å². The van der Waals surface area contributed by atoms with E-state index in [1.54, 1.807) is 12.1 Å². The topological polar surface area (TPSA) is 72.2 Å². The summed E-state index contributed by atoms with van der Waals surface area (Å²) in [5, 5.41) is 3.29. The molecule has 0 aromatic heterocycles. The quantitative estimate of drug-likeness (QED) is 0.507. The summed E-state index contributed by atoms with van der Waals surface area (Å²) >= 11 is 0. The van der Waals surface area contributed by atoms with Crippen molar-refractivity contribution < 1.29 is 8.42 Å². The van der Waals surface area contributed by atoms with Crippen molar-refractivity contribution in [1.29, 1.82) is 0 Å². The number of hydrogen-bond donors (Lipinski definition) is 2. The molecule has 3 rings (SSSR count). The van der Waals surface area contributed by atoms with Crippen LogP contribution in [0.5, 0.6) is 0 Å². The second kappa shape index (κ2) is 10.4. The number of benzene rings is 3. The fraction of sp³-hybridized carbons (Fsp3) is 0.280. The molecule has 0 saturated heterocycles. The van der Waals surface area contributed by atoms with Crippen molar-refractivity contribution in [3.05, 3.63) is 95.6 Å². The molecule has 0 aliphatic rings. The molecule has 158 valence electrons. The molecule has 4 nitrogen and oxygen atoms in total. The first-order chi connectivity index (χ1) is 14.5. The van der Waals surface area contributed by atoms with E-state index in [1.165, 1.54) is 5.56 Å². The van der Waals surface area contributed by atoms with Crippen LogP contribution in [-0.2, 0) is 22.7 Å². The average Bonchev–Trinajstić information content (AvgIpc) is 2.77. The zero-order chi connectivity index (χ0) is 21.4. The van der Waals surface area contributed by atoms with Crippen LogP contribution in [0.3, 0.4) is 0 Å². The molecule has 3 N–H and O–H groups in total. The molecule has 0 saturated carbocycles. The van der Waals surface area contributed by atoms with Gasteiger partial charge < -0.3 is 11.1 Å². The van der Waals surface area contributed by atoms with Gasteiger partial charge in [0, 0.05) is 18.8 Å². The minimum absolute atomic E-state index is 0.0453. The SMILES string of the molecule is CC(CS(=O)(=O)c1ccc(CCc2cccc(NCCN)c2)cc1)c1ccccc1. The number of sulfone groups is 1. The Hall–Kier alpha value is -2.63. The molecule has 0 bridgehead atoms. The van der Waals surface area contributed by atoms with Crippen LogP contribution < -0.4 is 11.1 Å². The maximum atomic E-state index is 12.8. The van der Waals surface area contributed by atoms with E-state index < -0.39 is 9.84 Å². The Balaban J connectivity index is 1.60. The number of nitrogens with one attached hydrogen (secondary N) is 1. The number of anilines is 1. The maximum absolute atomic E-state index is 12.8. The van der Waals surface area contributed by atoms with Crippen LogP contribution in [0.4, 0.5) is 5.69 Å². The summed E-state index contributed by atoms with van der Waals surface area (Å²) in [5.41, 5.74) is 10.0. The highest BCUT2D eigenvalue weighted by molar-refractivity contribution is 7.91. The van der Waals surface area contributed by atoms with Crippen LogP contribution >= 0.6 is 0 Å². The lowest BCUT2D eigenvalue weighted by molar-refractivity contribution is 0.590. The molecular weight excluding hydrogens is 392 g/mol. The molecule has 0 fully saturated rings. The first kappa shape index (κ1) is 22.1. The summed E-state index contributed by atoms with van der Waals surface area (Å²) in [6.45, 7) is 3.31. The van der Waals surface area contributed by atoms with Crippen LogP contribution in [-0.4, -0.2) is 27.3 Å². The first-order valence-corrected chi connectivity index (χ1v) is 12.0. The van der Waals surface area contributed by atoms with Gasteiger partial charge in [-0.2, -0.15) is 0 Å². The van der Waals surface area contributed by atoms with Gasteiger partial charge in [-0.3, -0.25) is 0 Å². The summed E-state index contributed by atoms with van der Waals surface area (Å²) in [7, 11) is -3.32. The zero-order valence-electron chi connectivity index (χ0n) is 17.4. The molecule has 0 amide bonds. The Morgan fingerprint density at radius 3 is 2.27 bits per heavy atom. The fourth-order valence-corrected chi connectivity index (χ4v) is 5.10. The molecule has 0 heterocycles. The Morgan fingerprint density at radius 1 is 0.867 bits per heavy atom. The van der Waals surface area contributed by atoms with E-state index in [-0.39, 0.29) is 11.7 Å². The number of aryl methyl sites for hydroxylation is 2. The molecule has 30 heavy (non-hydrogen) atoms. The van der Waals surface area contributed by atoms with Gasteiger partial charge in [-0.1, -0.05) is 61.5 Å².